The standard InChI is InChI=1S/C22H20BrNO3/c23-18-6-4-5-16(14-18)13-17-15-27-22(11-9-20(25)10-12-22)24(21(17)26)19-7-2-1-3-8-19/h1-9,11,14,17H,10,12-13,15H2. The summed E-state index contributed by atoms with van der Waals surface area (Å²) in [4.78, 5) is 26.9. The maximum atomic E-state index is 13.5. The van der Waals surface area contributed by atoms with E-state index in [0.717, 1.165) is 15.7 Å². The molecule has 0 N–H and O–H groups in total. The normalized spacial score (nSPS) is 25.2. The van der Waals surface area contributed by atoms with E-state index in [1.807, 2.05) is 54.6 Å². The molecule has 0 radical (unpaired) electrons. The van der Waals surface area contributed by atoms with E-state index in [4.69, 9.17) is 4.74 Å². The zero-order chi connectivity index (χ0) is 18.9. The van der Waals surface area contributed by atoms with E-state index in [0.29, 0.717) is 25.9 Å². The minimum atomic E-state index is -0.875. The highest BCUT2D eigenvalue weighted by Gasteiger charge is 2.47. The summed E-state index contributed by atoms with van der Waals surface area (Å²) < 4.78 is 7.26. The van der Waals surface area contributed by atoms with Crippen molar-refractivity contribution in [3.05, 3.63) is 76.8 Å². The highest BCUT2D eigenvalue weighted by molar-refractivity contribution is 9.10. The number of carbonyl (C=O) groups is 2. The number of ether oxygens (including phenoxy) is 1. The Labute approximate surface area is 167 Å². The third-order valence-electron chi connectivity index (χ3n) is 5.13. The van der Waals surface area contributed by atoms with Crippen LogP contribution in [0.15, 0.2) is 71.2 Å². The van der Waals surface area contributed by atoms with Crippen LogP contribution in [-0.2, 0) is 20.7 Å². The molecule has 1 aliphatic carbocycles. The monoisotopic (exact) mass is 425 g/mol. The van der Waals surface area contributed by atoms with Gasteiger partial charge in [0.2, 0.25) is 5.91 Å². The van der Waals surface area contributed by atoms with Gasteiger partial charge in [-0.05, 0) is 48.4 Å². The summed E-state index contributed by atoms with van der Waals surface area (Å²) in [6, 6.07) is 17.6. The highest BCUT2D eigenvalue weighted by atomic mass is 79.9. The van der Waals surface area contributed by atoms with Crippen molar-refractivity contribution in [1.82, 2.24) is 0 Å². The molecule has 2 aromatic rings. The molecule has 0 aromatic heterocycles. The molecular weight excluding hydrogens is 406 g/mol. The second-order valence-corrected chi connectivity index (χ2v) is 7.91. The van der Waals surface area contributed by atoms with E-state index in [-0.39, 0.29) is 17.6 Å². The fourth-order valence-corrected chi connectivity index (χ4v) is 4.21. The summed E-state index contributed by atoms with van der Waals surface area (Å²) in [7, 11) is 0. The number of ketones is 1. The number of nitrogens with zero attached hydrogens (tertiary/aromatic N) is 1. The Balaban J connectivity index is 1.68. The summed E-state index contributed by atoms with van der Waals surface area (Å²) >= 11 is 3.49. The third kappa shape index (κ3) is 3.62. The van der Waals surface area contributed by atoms with Crippen molar-refractivity contribution in [2.75, 3.05) is 11.5 Å². The molecule has 1 saturated heterocycles. The van der Waals surface area contributed by atoms with Crippen LogP contribution in [-0.4, -0.2) is 24.0 Å². The predicted octanol–water partition coefficient (Wildman–Crippen LogP) is 4.29. The van der Waals surface area contributed by atoms with Crippen molar-refractivity contribution in [3.8, 4) is 0 Å². The van der Waals surface area contributed by atoms with Crippen molar-refractivity contribution < 1.29 is 14.3 Å². The first-order valence-corrected chi connectivity index (χ1v) is 9.86. The van der Waals surface area contributed by atoms with Gasteiger partial charge >= 0.3 is 0 Å². The predicted molar refractivity (Wildman–Crippen MR) is 107 cm³/mol. The molecular formula is C22H20BrNO3. The van der Waals surface area contributed by atoms with Crippen LogP contribution < -0.4 is 4.90 Å². The Bertz CT molecular complexity index is 895. The molecule has 2 unspecified atom stereocenters. The van der Waals surface area contributed by atoms with Gasteiger partial charge in [0.1, 0.15) is 0 Å². The van der Waals surface area contributed by atoms with Crippen molar-refractivity contribution >= 4 is 33.3 Å². The molecule has 2 atom stereocenters. The average molecular weight is 426 g/mol. The second kappa shape index (κ2) is 7.41. The summed E-state index contributed by atoms with van der Waals surface area (Å²) in [6.07, 6.45) is 4.76. The van der Waals surface area contributed by atoms with Crippen LogP contribution in [0.1, 0.15) is 18.4 Å². The van der Waals surface area contributed by atoms with E-state index in [2.05, 4.69) is 15.9 Å². The highest BCUT2D eigenvalue weighted by Crippen LogP contribution is 2.38. The van der Waals surface area contributed by atoms with Crippen molar-refractivity contribution in [2.45, 2.75) is 25.0 Å². The maximum absolute atomic E-state index is 13.5. The van der Waals surface area contributed by atoms with Crippen LogP contribution >= 0.6 is 15.9 Å². The van der Waals surface area contributed by atoms with Crippen LogP contribution in [0.25, 0.3) is 0 Å². The summed E-state index contributed by atoms with van der Waals surface area (Å²) in [5.41, 5.74) is 1.00. The minimum absolute atomic E-state index is 0.0337. The molecule has 0 bridgehead atoms. The van der Waals surface area contributed by atoms with E-state index in [1.54, 1.807) is 17.1 Å². The molecule has 4 nitrogen and oxygen atoms in total. The molecule has 4 rings (SSSR count). The van der Waals surface area contributed by atoms with Gasteiger partial charge in [0.25, 0.3) is 0 Å². The molecule has 2 aliphatic rings. The van der Waals surface area contributed by atoms with Crippen LogP contribution in [0.3, 0.4) is 0 Å². The lowest BCUT2D eigenvalue weighted by atomic mass is 9.89. The van der Waals surface area contributed by atoms with Gasteiger partial charge in [0, 0.05) is 23.0 Å². The number of carbonyl (C=O) groups excluding carboxylic acids is 2. The number of amides is 1. The number of para-hydroxylation sites is 1. The minimum Gasteiger partial charge on any atom is -0.351 e. The Hall–Kier alpha value is -2.24. The lowest BCUT2D eigenvalue weighted by Gasteiger charge is -2.48. The fraction of sp³-hybridized carbons (Fsp3) is 0.273. The number of benzene rings is 2. The quantitative estimate of drug-likeness (QED) is 0.736. The smallest absolute Gasteiger partial charge is 0.235 e. The van der Waals surface area contributed by atoms with E-state index < -0.39 is 5.72 Å². The number of anilines is 1. The number of hydrogen-bond donors (Lipinski definition) is 0. The topological polar surface area (TPSA) is 46.6 Å². The van der Waals surface area contributed by atoms with Gasteiger partial charge < -0.3 is 4.74 Å². The molecule has 1 spiro atoms. The Kier molecular flexibility index (Phi) is 4.98. The summed E-state index contributed by atoms with van der Waals surface area (Å²) in [5.74, 6) is -0.163. The zero-order valence-electron chi connectivity index (χ0n) is 14.8. The largest absolute Gasteiger partial charge is 0.351 e. The second-order valence-electron chi connectivity index (χ2n) is 7.00. The fourth-order valence-electron chi connectivity index (χ4n) is 3.77. The van der Waals surface area contributed by atoms with E-state index in [1.165, 1.54) is 0 Å². The zero-order valence-corrected chi connectivity index (χ0v) is 16.4. The maximum Gasteiger partial charge on any atom is 0.235 e. The Morgan fingerprint density at radius 2 is 1.93 bits per heavy atom. The van der Waals surface area contributed by atoms with Crippen LogP contribution in [0.5, 0.6) is 0 Å². The molecule has 0 saturated carbocycles. The summed E-state index contributed by atoms with van der Waals surface area (Å²) in [5, 5.41) is 0. The van der Waals surface area contributed by atoms with Gasteiger partial charge in [-0.25, -0.2) is 0 Å². The van der Waals surface area contributed by atoms with Gasteiger partial charge in [-0.3, -0.25) is 14.5 Å². The molecule has 2 aromatic carbocycles. The molecule has 1 aliphatic heterocycles. The van der Waals surface area contributed by atoms with E-state index in [9.17, 15) is 9.59 Å². The molecule has 138 valence electrons. The van der Waals surface area contributed by atoms with Gasteiger partial charge in [-0.1, -0.05) is 46.3 Å². The molecule has 27 heavy (non-hydrogen) atoms. The number of rotatable bonds is 3. The SMILES string of the molecule is O=C1C=CC2(CC1)OCC(Cc1cccc(Br)c1)C(=O)N2c1ccccc1. The average Bonchev–Trinajstić information content (AvgIpc) is 2.68. The van der Waals surface area contributed by atoms with Crippen LogP contribution in [0, 0.1) is 5.92 Å². The Morgan fingerprint density at radius 3 is 2.63 bits per heavy atom. The third-order valence-corrected chi connectivity index (χ3v) is 5.62. The van der Waals surface area contributed by atoms with Crippen molar-refractivity contribution in [1.29, 1.82) is 0 Å². The van der Waals surface area contributed by atoms with E-state index >= 15 is 0 Å². The van der Waals surface area contributed by atoms with Crippen LogP contribution in [0.2, 0.25) is 0 Å². The van der Waals surface area contributed by atoms with Crippen molar-refractivity contribution in [3.63, 3.8) is 0 Å². The number of halogens is 1. The van der Waals surface area contributed by atoms with Gasteiger partial charge in [0.15, 0.2) is 11.5 Å². The van der Waals surface area contributed by atoms with Gasteiger partial charge in [-0.2, -0.15) is 0 Å². The molecule has 1 heterocycles. The number of hydrogen-bond acceptors (Lipinski definition) is 3. The first-order valence-electron chi connectivity index (χ1n) is 9.07. The van der Waals surface area contributed by atoms with Gasteiger partial charge in [0.05, 0.1) is 12.5 Å². The molecule has 1 fully saturated rings. The Morgan fingerprint density at radius 1 is 1.11 bits per heavy atom. The van der Waals surface area contributed by atoms with Gasteiger partial charge in [-0.15, -0.1) is 0 Å². The molecule has 5 heteroatoms. The number of allylic oxidation sites excluding steroid dienone is 1. The first kappa shape index (κ1) is 18.1. The van der Waals surface area contributed by atoms with Crippen LogP contribution in [0.4, 0.5) is 5.69 Å². The molecule has 1 amide bonds. The lowest BCUT2D eigenvalue weighted by molar-refractivity contribution is -0.144. The van der Waals surface area contributed by atoms with Crippen molar-refractivity contribution in [2.24, 2.45) is 5.92 Å². The summed E-state index contributed by atoms with van der Waals surface area (Å²) in [6.45, 7) is 0.340. The lowest BCUT2D eigenvalue weighted by Crippen LogP contribution is -2.61. The first-order chi connectivity index (χ1) is 13.1.